The number of aromatic nitrogens is 3. The average Bonchev–Trinajstić information content (AvgIpc) is 3.60. The topological polar surface area (TPSA) is 72.5 Å². The van der Waals surface area contributed by atoms with Crippen LogP contribution < -0.4 is 10.5 Å². The predicted octanol–water partition coefficient (Wildman–Crippen LogP) is 7.07. The molecule has 6 rings (SSSR count). The number of hydrogen-bond acceptors (Lipinski definition) is 6. The van der Waals surface area contributed by atoms with Crippen molar-refractivity contribution in [2.24, 2.45) is 12.0 Å². The van der Waals surface area contributed by atoms with Gasteiger partial charge in [0.2, 0.25) is 5.13 Å². The molecule has 3 heterocycles. The molecule has 7 nitrogen and oxygen atoms in total. The van der Waals surface area contributed by atoms with Gasteiger partial charge in [0.05, 0.1) is 27.5 Å². The van der Waals surface area contributed by atoms with Crippen LogP contribution in [0.4, 0.5) is 10.8 Å². The van der Waals surface area contributed by atoms with E-state index < -0.39 is 0 Å². The molecule has 1 saturated heterocycles. The third kappa shape index (κ3) is 4.83. The Morgan fingerprint density at radius 2 is 1.55 bits per heavy atom. The van der Waals surface area contributed by atoms with Crippen molar-refractivity contribution in [1.29, 1.82) is 0 Å². The van der Waals surface area contributed by atoms with E-state index in [0.717, 1.165) is 16.9 Å². The van der Waals surface area contributed by atoms with Gasteiger partial charge >= 0.3 is 0 Å². The summed E-state index contributed by atoms with van der Waals surface area (Å²) in [7, 11) is 1.85. The Morgan fingerprint density at radius 3 is 2.23 bits per heavy atom. The van der Waals surface area contributed by atoms with Gasteiger partial charge in [-0.3, -0.25) is 19.2 Å². The van der Waals surface area contributed by atoms with Crippen LogP contribution in [0.25, 0.3) is 23.0 Å². The molecular formula is C30H22ClN5O2S2. The fourth-order valence-electron chi connectivity index (χ4n) is 4.44. The standard InChI is InChI=1S/C30H22ClN5O2S2/c1-19-26(28(38)36(34(19)2)23-11-7-4-8-12-23)24-18-39-29(32-24)33-30-35(22-9-5-3-6-10-22)27(37)25(40-30)17-20-13-15-21(31)16-14-20/h3-18H,1-2H3/b25-17-,33-30?. The molecule has 0 N–H and O–H groups in total. The normalized spacial score (nSPS) is 15.5. The molecular weight excluding hydrogens is 562 g/mol. The molecule has 198 valence electrons. The molecule has 1 amide bonds. The highest BCUT2D eigenvalue weighted by Crippen LogP contribution is 2.38. The third-order valence-corrected chi connectivity index (χ3v) is 8.44. The summed E-state index contributed by atoms with van der Waals surface area (Å²) in [6.07, 6.45) is 1.83. The molecule has 5 aromatic rings. The van der Waals surface area contributed by atoms with Crippen molar-refractivity contribution in [3.8, 4) is 16.9 Å². The van der Waals surface area contributed by atoms with Crippen molar-refractivity contribution in [2.45, 2.75) is 6.92 Å². The number of aliphatic imine (C=N–C) groups is 1. The van der Waals surface area contributed by atoms with E-state index in [9.17, 15) is 9.59 Å². The molecule has 0 radical (unpaired) electrons. The van der Waals surface area contributed by atoms with Gasteiger partial charge in [0.25, 0.3) is 11.5 Å². The molecule has 3 aromatic carbocycles. The lowest BCUT2D eigenvalue weighted by molar-refractivity contribution is -0.113. The van der Waals surface area contributed by atoms with Crippen LogP contribution in [0.3, 0.4) is 0 Å². The van der Waals surface area contributed by atoms with Crippen LogP contribution in [0.2, 0.25) is 5.02 Å². The van der Waals surface area contributed by atoms with Crippen molar-refractivity contribution in [3.63, 3.8) is 0 Å². The lowest BCUT2D eigenvalue weighted by atomic mass is 10.2. The SMILES string of the molecule is Cc1c(-c2csc(N=C3S/C(=C\c4ccc(Cl)cc4)C(=O)N3c3ccccc3)n2)c(=O)n(-c2ccccc2)n1C. The summed E-state index contributed by atoms with van der Waals surface area (Å²) in [6.45, 7) is 1.90. The smallest absolute Gasteiger partial charge is 0.281 e. The second kappa shape index (κ2) is 10.8. The van der Waals surface area contributed by atoms with Gasteiger partial charge in [-0.15, -0.1) is 11.3 Å². The lowest BCUT2D eigenvalue weighted by Gasteiger charge is -2.14. The highest BCUT2D eigenvalue weighted by molar-refractivity contribution is 8.19. The largest absolute Gasteiger partial charge is 0.285 e. The number of amidine groups is 1. The average molecular weight is 584 g/mol. The van der Waals surface area contributed by atoms with Crippen LogP contribution in [0.15, 0.2) is 105 Å². The van der Waals surface area contributed by atoms with Crippen molar-refractivity contribution >= 4 is 62.7 Å². The molecule has 0 bridgehead atoms. The second-order valence-corrected chi connectivity index (χ2v) is 11.3. The van der Waals surface area contributed by atoms with Crippen molar-refractivity contribution in [3.05, 3.63) is 122 Å². The van der Waals surface area contributed by atoms with Crippen molar-refractivity contribution < 1.29 is 4.79 Å². The number of nitrogens with zero attached hydrogens (tertiary/aromatic N) is 5. The molecule has 0 atom stereocenters. The number of thiazole rings is 1. The van der Waals surface area contributed by atoms with Crippen LogP contribution in [-0.4, -0.2) is 25.4 Å². The summed E-state index contributed by atoms with van der Waals surface area (Å²) in [4.78, 5) is 38.6. The molecule has 0 unspecified atom stereocenters. The first-order valence-electron chi connectivity index (χ1n) is 12.3. The van der Waals surface area contributed by atoms with E-state index in [1.54, 1.807) is 21.7 Å². The monoisotopic (exact) mass is 583 g/mol. The van der Waals surface area contributed by atoms with E-state index in [1.165, 1.54) is 23.1 Å². The Hall–Kier alpha value is -4.18. The van der Waals surface area contributed by atoms with E-state index in [1.807, 2.05) is 103 Å². The fourth-order valence-corrected chi connectivity index (χ4v) is 6.28. The number of carbonyl (C=O) groups excluding carboxylic acids is 1. The summed E-state index contributed by atoms with van der Waals surface area (Å²) in [5.74, 6) is -0.175. The number of halogens is 1. The van der Waals surface area contributed by atoms with Crippen molar-refractivity contribution in [1.82, 2.24) is 14.3 Å². The minimum Gasteiger partial charge on any atom is -0.285 e. The summed E-state index contributed by atoms with van der Waals surface area (Å²) in [6, 6.07) is 26.2. The number of hydrogen-bond donors (Lipinski definition) is 0. The number of para-hydroxylation sites is 2. The van der Waals surface area contributed by atoms with E-state index >= 15 is 0 Å². The number of rotatable bonds is 5. The van der Waals surface area contributed by atoms with E-state index in [4.69, 9.17) is 21.6 Å². The molecule has 0 aliphatic carbocycles. The maximum atomic E-state index is 13.5. The molecule has 40 heavy (non-hydrogen) atoms. The first kappa shape index (κ1) is 26.1. The molecule has 1 aliphatic rings. The summed E-state index contributed by atoms with van der Waals surface area (Å²) < 4.78 is 3.46. The van der Waals surface area contributed by atoms with E-state index in [-0.39, 0.29) is 11.5 Å². The minimum atomic E-state index is -0.175. The van der Waals surface area contributed by atoms with Crippen molar-refractivity contribution in [2.75, 3.05) is 4.90 Å². The van der Waals surface area contributed by atoms with Gasteiger partial charge in [0.15, 0.2) is 5.17 Å². The van der Waals surface area contributed by atoms with E-state index in [0.29, 0.717) is 37.2 Å². The quantitative estimate of drug-likeness (QED) is 0.207. The summed E-state index contributed by atoms with van der Waals surface area (Å²) >= 11 is 8.64. The number of thioether (sulfide) groups is 1. The molecule has 0 saturated carbocycles. The highest BCUT2D eigenvalue weighted by Gasteiger charge is 2.35. The lowest BCUT2D eigenvalue weighted by Crippen LogP contribution is -2.28. The number of anilines is 1. The Labute approximate surface area is 243 Å². The van der Waals surface area contributed by atoms with Crippen LogP contribution in [-0.2, 0) is 11.8 Å². The number of amides is 1. The fraction of sp³-hybridized carbons (Fsp3) is 0.0667. The predicted molar refractivity (Wildman–Crippen MR) is 165 cm³/mol. The van der Waals surface area contributed by atoms with Crippen LogP contribution in [0.5, 0.6) is 0 Å². The molecule has 1 fully saturated rings. The maximum absolute atomic E-state index is 13.5. The zero-order valence-corrected chi connectivity index (χ0v) is 23.9. The zero-order valence-electron chi connectivity index (χ0n) is 21.5. The van der Waals surface area contributed by atoms with Crippen LogP contribution in [0.1, 0.15) is 11.3 Å². The number of benzene rings is 3. The number of carbonyl (C=O) groups is 1. The van der Waals surface area contributed by atoms with Gasteiger partial charge in [-0.25, -0.2) is 9.67 Å². The molecule has 10 heteroatoms. The van der Waals surface area contributed by atoms with Gasteiger partial charge in [-0.1, -0.05) is 60.1 Å². The maximum Gasteiger partial charge on any atom is 0.281 e. The van der Waals surface area contributed by atoms with Gasteiger partial charge in [-0.05, 0) is 66.7 Å². The first-order valence-corrected chi connectivity index (χ1v) is 14.4. The Kier molecular flexibility index (Phi) is 7.02. The van der Waals surface area contributed by atoms with Gasteiger partial charge in [0.1, 0.15) is 0 Å². The third-order valence-electron chi connectivity index (χ3n) is 6.48. The first-order chi connectivity index (χ1) is 19.4. The van der Waals surface area contributed by atoms with Gasteiger partial charge in [0, 0.05) is 23.1 Å². The minimum absolute atomic E-state index is 0.153. The van der Waals surface area contributed by atoms with Crippen LogP contribution >= 0.6 is 34.7 Å². The van der Waals surface area contributed by atoms with Gasteiger partial charge < -0.3 is 0 Å². The second-order valence-electron chi connectivity index (χ2n) is 8.98. The zero-order chi connectivity index (χ0) is 27.8. The van der Waals surface area contributed by atoms with Crippen LogP contribution in [0, 0.1) is 6.92 Å². The molecule has 1 aliphatic heterocycles. The van der Waals surface area contributed by atoms with E-state index in [2.05, 4.69) is 0 Å². The molecule has 0 spiro atoms. The summed E-state index contributed by atoms with van der Waals surface area (Å²) in [5, 5.41) is 3.40. The molecule has 2 aromatic heterocycles. The Morgan fingerprint density at radius 1 is 0.900 bits per heavy atom. The Bertz CT molecular complexity index is 1840. The Balaban J connectivity index is 1.39. The summed E-state index contributed by atoms with van der Waals surface area (Å²) in [5.41, 5.74) is 4.06. The highest BCUT2D eigenvalue weighted by atomic mass is 35.5. The van der Waals surface area contributed by atoms with Gasteiger partial charge in [-0.2, -0.15) is 4.99 Å².